The van der Waals surface area contributed by atoms with Crippen LogP contribution in [-0.2, 0) is 11.2 Å². The summed E-state index contributed by atoms with van der Waals surface area (Å²) in [5.41, 5.74) is 7.95. The Morgan fingerprint density at radius 3 is 2.65 bits per heavy atom. The van der Waals surface area contributed by atoms with Gasteiger partial charge < -0.3 is 10.6 Å². The standard InChI is InChI=1S/C14H22N2O/c1-11-6-4-5-7-13(11)10-14(17)16(3)9-8-12(2)15/h4-7,12H,8-10,15H2,1-3H3. The maximum Gasteiger partial charge on any atom is 0.226 e. The minimum absolute atomic E-state index is 0.142. The van der Waals surface area contributed by atoms with Crippen molar-refractivity contribution in [2.24, 2.45) is 5.73 Å². The van der Waals surface area contributed by atoms with E-state index in [9.17, 15) is 4.79 Å². The van der Waals surface area contributed by atoms with Gasteiger partial charge in [0, 0.05) is 19.6 Å². The Hall–Kier alpha value is -1.35. The highest BCUT2D eigenvalue weighted by atomic mass is 16.2. The molecule has 0 saturated heterocycles. The monoisotopic (exact) mass is 234 g/mol. The summed E-state index contributed by atoms with van der Waals surface area (Å²) in [6.45, 7) is 4.71. The first kappa shape index (κ1) is 13.7. The summed E-state index contributed by atoms with van der Waals surface area (Å²) in [5, 5.41) is 0. The third-order valence-electron chi connectivity index (χ3n) is 2.95. The van der Waals surface area contributed by atoms with Crippen molar-refractivity contribution in [3.05, 3.63) is 35.4 Å². The molecule has 94 valence electrons. The number of carbonyl (C=O) groups excluding carboxylic acids is 1. The minimum atomic E-state index is 0.142. The van der Waals surface area contributed by atoms with Gasteiger partial charge in [-0.15, -0.1) is 0 Å². The van der Waals surface area contributed by atoms with Gasteiger partial charge in [0.1, 0.15) is 0 Å². The molecule has 17 heavy (non-hydrogen) atoms. The molecule has 0 fully saturated rings. The zero-order valence-electron chi connectivity index (χ0n) is 10.9. The van der Waals surface area contributed by atoms with E-state index in [1.165, 1.54) is 5.56 Å². The fourth-order valence-corrected chi connectivity index (χ4v) is 1.63. The van der Waals surface area contributed by atoms with E-state index in [4.69, 9.17) is 5.73 Å². The lowest BCUT2D eigenvalue weighted by Crippen LogP contribution is -2.32. The predicted octanol–water partition coefficient (Wildman–Crippen LogP) is 1.73. The molecule has 1 atom stereocenters. The molecule has 1 rings (SSSR count). The van der Waals surface area contributed by atoms with Crippen LogP contribution in [0.15, 0.2) is 24.3 Å². The van der Waals surface area contributed by atoms with Crippen LogP contribution in [0.2, 0.25) is 0 Å². The molecule has 1 aromatic carbocycles. The average molecular weight is 234 g/mol. The van der Waals surface area contributed by atoms with Crippen LogP contribution in [0.5, 0.6) is 0 Å². The lowest BCUT2D eigenvalue weighted by Gasteiger charge is -2.18. The Morgan fingerprint density at radius 2 is 2.06 bits per heavy atom. The van der Waals surface area contributed by atoms with Crippen molar-refractivity contribution >= 4 is 5.91 Å². The lowest BCUT2D eigenvalue weighted by molar-refractivity contribution is -0.129. The first-order valence-corrected chi connectivity index (χ1v) is 6.04. The second-order valence-electron chi connectivity index (χ2n) is 4.68. The minimum Gasteiger partial charge on any atom is -0.345 e. The number of hydrogen-bond acceptors (Lipinski definition) is 2. The molecule has 3 heteroatoms. The summed E-state index contributed by atoms with van der Waals surface area (Å²) in [4.78, 5) is 13.7. The number of likely N-dealkylation sites (N-methyl/N-ethyl adjacent to an activating group) is 1. The van der Waals surface area contributed by atoms with Crippen molar-refractivity contribution in [2.45, 2.75) is 32.7 Å². The van der Waals surface area contributed by atoms with Crippen LogP contribution in [0.3, 0.4) is 0 Å². The zero-order valence-corrected chi connectivity index (χ0v) is 10.9. The van der Waals surface area contributed by atoms with Gasteiger partial charge in [0.15, 0.2) is 0 Å². The summed E-state index contributed by atoms with van der Waals surface area (Å²) in [6, 6.07) is 8.14. The Bertz CT molecular complexity index is 374. The first-order chi connectivity index (χ1) is 8.00. The number of amides is 1. The summed E-state index contributed by atoms with van der Waals surface area (Å²) in [5.74, 6) is 0.153. The Morgan fingerprint density at radius 1 is 1.41 bits per heavy atom. The number of nitrogens with zero attached hydrogens (tertiary/aromatic N) is 1. The quantitative estimate of drug-likeness (QED) is 0.843. The van der Waals surface area contributed by atoms with Crippen molar-refractivity contribution in [1.29, 1.82) is 0 Å². The predicted molar refractivity (Wildman–Crippen MR) is 70.8 cm³/mol. The smallest absolute Gasteiger partial charge is 0.226 e. The maximum atomic E-state index is 12.0. The Kier molecular flexibility index (Phi) is 5.16. The zero-order chi connectivity index (χ0) is 12.8. The molecule has 3 nitrogen and oxygen atoms in total. The number of nitrogens with two attached hydrogens (primary N) is 1. The van der Waals surface area contributed by atoms with E-state index in [1.807, 2.05) is 45.2 Å². The van der Waals surface area contributed by atoms with Crippen LogP contribution in [0.4, 0.5) is 0 Å². The van der Waals surface area contributed by atoms with Crippen LogP contribution in [0, 0.1) is 6.92 Å². The van der Waals surface area contributed by atoms with Gasteiger partial charge in [0.25, 0.3) is 0 Å². The van der Waals surface area contributed by atoms with Crippen LogP contribution >= 0.6 is 0 Å². The Balaban J connectivity index is 2.52. The first-order valence-electron chi connectivity index (χ1n) is 6.04. The summed E-state index contributed by atoms with van der Waals surface area (Å²) in [7, 11) is 1.84. The normalized spacial score (nSPS) is 12.2. The van der Waals surface area contributed by atoms with Gasteiger partial charge in [-0.05, 0) is 31.4 Å². The third-order valence-corrected chi connectivity index (χ3v) is 2.95. The molecule has 1 aromatic rings. The molecule has 0 aromatic heterocycles. The molecular weight excluding hydrogens is 212 g/mol. The Labute approximate surface area is 104 Å². The molecule has 0 aliphatic rings. The molecule has 0 aliphatic carbocycles. The van der Waals surface area contributed by atoms with E-state index in [1.54, 1.807) is 4.90 Å². The average Bonchev–Trinajstić information content (AvgIpc) is 2.28. The van der Waals surface area contributed by atoms with Gasteiger partial charge in [0.05, 0.1) is 6.42 Å². The van der Waals surface area contributed by atoms with E-state index in [0.717, 1.165) is 18.5 Å². The number of rotatable bonds is 5. The highest BCUT2D eigenvalue weighted by Gasteiger charge is 2.11. The van der Waals surface area contributed by atoms with Crippen LogP contribution in [-0.4, -0.2) is 30.4 Å². The second kappa shape index (κ2) is 6.40. The van der Waals surface area contributed by atoms with Crippen molar-refractivity contribution in [3.8, 4) is 0 Å². The van der Waals surface area contributed by atoms with Crippen LogP contribution in [0.1, 0.15) is 24.5 Å². The fourth-order valence-electron chi connectivity index (χ4n) is 1.63. The van der Waals surface area contributed by atoms with Crippen LogP contribution < -0.4 is 5.73 Å². The van der Waals surface area contributed by atoms with Crippen molar-refractivity contribution < 1.29 is 4.79 Å². The number of carbonyl (C=O) groups is 1. The SMILES string of the molecule is Cc1ccccc1CC(=O)N(C)CCC(C)N. The van der Waals surface area contributed by atoms with E-state index >= 15 is 0 Å². The summed E-state index contributed by atoms with van der Waals surface area (Å²) < 4.78 is 0. The molecule has 1 unspecified atom stereocenters. The molecule has 0 bridgehead atoms. The molecule has 1 amide bonds. The lowest BCUT2D eigenvalue weighted by atomic mass is 10.1. The summed E-state index contributed by atoms with van der Waals surface area (Å²) >= 11 is 0. The van der Waals surface area contributed by atoms with E-state index in [-0.39, 0.29) is 11.9 Å². The largest absolute Gasteiger partial charge is 0.345 e. The second-order valence-corrected chi connectivity index (χ2v) is 4.68. The van der Waals surface area contributed by atoms with E-state index in [2.05, 4.69) is 0 Å². The molecule has 0 radical (unpaired) electrons. The van der Waals surface area contributed by atoms with Gasteiger partial charge in [-0.1, -0.05) is 24.3 Å². The molecule has 0 spiro atoms. The van der Waals surface area contributed by atoms with Gasteiger partial charge in [0.2, 0.25) is 5.91 Å². The molecule has 0 saturated carbocycles. The van der Waals surface area contributed by atoms with Gasteiger partial charge in [-0.25, -0.2) is 0 Å². The fraction of sp³-hybridized carbons (Fsp3) is 0.500. The summed E-state index contributed by atoms with van der Waals surface area (Å²) in [6.07, 6.45) is 1.32. The maximum absolute atomic E-state index is 12.0. The highest BCUT2D eigenvalue weighted by Crippen LogP contribution is 2.09. The van der Waals surface area contributed by atoms with Crippen molar-refractivity contribution in [1.82, 2.24) is 4.90 Å². The van der Waals surface area contributed by atoms with Crippen molar-refractivity contribution in [2.75, 3.05) is 13.6 Å². The van der Waals surface area contributed by atoms with Gasteiger partial charge in [-0.2, -0.15) is 0 Å². The van der Waals surface area contributed by atoms with E-state index < -0.39 is 0 Å². The van der Waals surface area contributed by atoms with Crippen molar-refractivity contribution in [3.63, 3.8) is 0 Å². The number of hydrogen-bond donors (Lipinski definition) is 1. The van der Waals surface area contributed by atoms with Gasteiger partial charge in [-0.3, -0.25) is 4.79 Å². The third kappa shape index (κ3) is 4.57. The number of benzene rings is 1. The highest BCUT2D eigenvalue weighted by molar-refractivity contribution is 5.78. The topological polar surface area (TPSA) is 46.3 Å². The van der Waals surface area contributed by atoms with Gasteiger partial charge >= 0.3 is 0 Å². The number of aryl methyl sites for hydroxylation is 1. The molecule has 0 heterocycles. The van der Waals surface area contributed by atoms with E-state index in [0.29, 0.717) is 6.42 Å². The molecule has 2 N–H and O–H groups in total. The molecule has 0 aliphatic heterocycles. The van der Waals surface area contributed by atoms with Crippen LogP contribution in [0.25, 0.3) is 0 Å². The molecular formula is C14H22N2O.